The molecule has 136 valence electrons. The fraction of sp³-hybridized carbons (Fsp3) is 0.278. The van der Waals surface area contributed by atoms with Gasteiger partial charge in [-0.25, -0.2) is 9.78 Å². The Morgan fingerprint density at radius 2 is 1.96 bits per heavy atom. The molecule has 0 bridgehead atoms. The summed E-state index contributed by atoms with van der Waals surface area (Å²) in [5.74, 6) is 0.437. The molecule has 0 saturated heterocycles. The molecule has 3 rings (SSSR count). The molecule has 0 aliphatic carbocycles. The van der Waals surface area contributed by atoms with Crippen LogP contribution in [0.25, 0.3) is 0 Å². The van der Waals surface area contributed by atoms with Crippen LogP contribution in [0.4, 0.5) is 0 Å². The van der Waals surface area contributed by atoms with E-state index in [9.17, 15) is 9.59 Å². The standard InChI is InChI=1S/C18H17ClN2O5/c19-16-4-2-13(10-21-16)18(23)26-11-17(22)20-6-5-12-1-3-14-15(9-12)25-8-7-24-14/h1-4,9-10H,5-8,11H2,(H,20,22). The number of esters is 1. The number of ether oxygens (including phenoxy) is 3. The summed E-state index contributed by atoms with van der Waals surface area (Å²) in [7, 11) is 0. The van der Waals surface area contributed by atoms with Crippen LogP contribution in [0.3, 0.4) is 0 Å². The van der Waals surface area contributed by atoms with Crippen molar-refractivity contribution in [2.24, 2.45) is 0 Å². The number of carbonyl (C=O) groups is 2. The number of rotatable bonds is 6. The number of aromatic nitrogens is 1. The molecule has 0 atom stereocenters. The van der Waals surface area contributed by atoms with E-state index in [4.69, 9.17) is 25.8 Å². The first-order valence-corrected chi connectivity index (χ1v) is 8.43. The van der Waals surface area contributed by atoms with E-state index in [0.29, 0.717) is 31.9 Å². The summed E-state index contributed by atoms with van der Waals surface area (Å²) in [6.45, 7) is 1.13. The van der Waals surface area contributed by atoms with Gasteiger partial charge >= 0.3 is 5.97 Å². The molecule has 2 heterocycles. The summed E-state index contributed by atoms with van der Waals surface area (Å²) < 4.78 is 15.9. The third-order valence-corrected chi connectivity index (χ3v) is 3.86. The number of pyridine rings is 1. The molecule has 7 nitrogen and oxygen atoms in total. The second-order valence-corrected chi connectivity index (χ2v) is 5.91. The van der Waals surface area contributed by atoms with Gasteiger partial charge in [-0.3, -0.25) is 4.79 Å². The van der Waals surface area contributed by atoms with Gasteiger partial charge < -0.3 is 19.5 Å². The zero-order chi connectivity index (χ0) is 18.4. The number of nitrogens with zero attached hydrogens (tertiary/aromatic N) is 1. The van der Waals surface area contributed by atoms with Crippen LogP contribution in [-0.2, 0) is 16.0 Å². The van der Waals surface area contributed by atoms with Crippen LogP contribution in [0.5, 0.6) is 11.5 Å². The zero-order valence-electron chi connectivity index (χ0n) is 13.9. The van der Waals surface area contributed by atoms with Gasteiger partial charge in [-0.15, -0.1) is 0 Å². The van der Waals surface area contributed by atoms with Crippen molar-refractivity contribution in [3.05, 3.63) is 52.8 Å². The van der Waals surface area contributed by atoms with Crippen molar-refractivity contribution in [3.63, 3.8) is 0 Å². The number of hydrogen-bond acceptors (Lipinski definition) is 6. The second kappa shape index (κ2) is 8.53. The van der Waals surface area contributed by atoms with Crippen LogP contribution in [0.15, 0.2) is 36.5 Å². The Kier molecular flexibility index (Phi) is 5.91. The quantitative estimate of drug-likeness (QED) is 0.613. The molecule has 0 unspecified atom stereocenters. The second-order valence-electron chi connectivity index (χ2n) is 5.52. The topological polar surface area (TPSA) is 86.8 Å². The van der Waals surface area contributed by atoms with Crippen LogP contribution in [0.1, 0.15) is 15.9 Å². The van der Waals surface area contributed by atoms with Gasteiger partial charge in [0, 0.05) is 12.7 Å². The highest BCUT2D eigenvalue weighted by molar-refractivity contribution is 6.29. The highest BCUT2D eigenvalue weighted by Crippen LogP contribution is 2.30. The Hall–Kier alpha value is -2.80. The summed E-state index contributed by atoms with van der Waals surface area (Å²) in [6, 6.07) is 8.64. The molecule has 26 heavy (non-hydrogen) atoms. The lowest BCUT2D eigenvalue weighted by Crippen LogP contribution is -2.30. The van der Waals surface area contributed by atoms with Crippen molar-refractivity contribution in [1.29, 1.82) is 0 Å². The molecule has 1 aromatic carbocycles. The zero-order valence-corrected chi connectivity index (χ0v) is 14.6. The summed E-state index contributed by atoms with van der Waals surface area (Å²) >= 11 is 5.65. The highest BCUT2D eigenvalue weighted by Gasteiger charge is 2.13. The van der Waals surface area contributed by atoms with Gasteiger partial charge in [-0.2, -0.15) is 0 Å². The first-order chi connectivity index (χ1) is 12.6. The van der Waals surface area contributed by atoms with Crippen LogP contribution in [0, 0.1) is 0 Å². The van der Waals surface area contributed by atoms with Crippen molar-refractivity contribution >= 4 is 23.5 Å². The summed E-state index contributed by atoms with van der Waals surface area (Å²) in [5, 5.41) is 2.98. The SMILES string of the molecule is O=C(COC(=O)c1ccc(Cl)nc1)NCCc1ccc2c(c1)OCCO2. The van der Waals surface area contributed by atoms with E-state index >= 15 is 0 Å². The number of benzene rings is 1. The number of amides is 1. The lowest BCUT2D eigenvalue weighted by atomic mass is 10.1. The van der Waals surface area contributed by atoms with Gasteiger partial charge in [-0.1, -0.05) is 17.7 Å². The van der Waals surface area contributed by atoms with Crippen molar-refractivity contribution in [1.82, 2.24) is 10.3 Å². The Morgan fingerprint density at radius 1 is 1.15 bits per heavy atom. The number of nitrogens with one attached hydrogen (secondary N) is 1. The maximum atomic E-state index is 11.8. The Bertz CT molecular complexity index is 795. The van der Waals surface area contributed by atoms with Crippen LogP contribution in [-0.4, -0.2) is 43.2 Å². The first kappa shape index (κ1) is 18.0. The Balaban J connectivity index is 1.40. The molecule has 1 aromatic heterocycles. The first-order valence-electron chi connectivity index (χ1n) is 8.06. The average Bonchev–Trinajstić information content (AvgIpc) is 2.66. The molecule has 1 amide bonds. The van der Waals surface area contributed by atoms with Crippen LogP contribution < -0.4 is 14.8 Å². The molecular formula is C18H17ClN2O5. The van der Waals surface area contributed by atoms with Crippen molar-refractivity contribution < 1.29 is 23.8 Å². The maximum Gasteiger partial charge on any atom is 0.340 e. The van der Waals surface area contributed by atoms with E-state index in [0.717, 1.165) is 11.3 Å². The summed E-state index contributed by atoms with van der Waals surface area (Å²) in [5.41, 5.74) is 1.25. The molecule has 1 aliphatic heterocycles. The molecule has 1 aliphatic rings. The van der Waals surface area contributed by atoms with Gasteiger partial charge in [0.2, 0.25) is 0 Å². The third kappa shape index (κ3) is 4.86. The van der Waals surface area contributed by atoms with Crippen molar-refractivity contribution in [2.75, 3.05) is 26.4 Å². The molecule has 0 saturated carbocycles. The number of fused-ring (bicyclic) bond motifs is 1. The molecule has 2 aromatic rings. The third-order valence-electron chi connectivity index (χ3n) is 3.64. The lowest BCUT2D eigenvalue weighted by Gasteiger charge is -2.18. The molecule has 8 heteroatoms. The largest absolute Gasteiger partial charge is 0.486 e. The summed E-state index contributed by atoms with van der Waals surface area (Å²) in [6.07, 6.45) is 1.92. The van der Waals surface area contributed by atoms with Gasteiger partial charge in [0.15, 0.2) is 18.1 Å². The van der Waals surface area contributed by atoms with Crippen molar-refractivity contribution in [2.45, 2.75) is 6.42 Å². The van der Waals surface area contributed by atoms with Crippen LogP contribution >= 0.6 is 11.6 Å². The minimum Gasteiger partial charge on any atom is -0.486 e. The van der Waals surface area contributed by atoms with Gasteiger partial charge in [0.25, 0.3) is 5.91 Å². The van der Waals surface area contributed by atoms with Crippen molar-refractivity contribution in [3.8, 4) is 11.5 Å². The predicted octanol–water partition coefficient (Wildman–Crippen LogP) is 2.02. The van der Waals surface area contributed by atoms with E-state index < -0.39 is 5.97 Å². The van der Waals surface area contributed by atoms with Gasteiger partial charge in [-0.05, 0) is 36.2 Å². The molecular weight excluding hydrogens is 360 g/mol. The molecule has 1 N–H and O–H groups in total. The van der Waals surface area contributed by atoms with E-state index in [1.165, 1.54) is 18.3 Å². The molecule has 0 radical (unpaired) electrons. The highest BCUT2D eigenvalue weighted by atomic mass is 35.5. The van der Waals surface area contributed by atoms with Gasteiger partial charge in [0.05, 0.1) is 5.56 Å². The van der Waals surface area contributed by atoms with Gasteiger partial charge in [0.1, 0.15) is 18.4 Å². The lowest BCUT2D eigenvalue weighted by molar-refractivity contribution is -0.124. The number of carbonyl (C=O) groups excluding carboxylic acids is 2. The Labute approximate surface area is 155 Å². The fourth-order valence-corrected chi connectivity index (χ4v) is 2.46. The number of halogens is 1. The maximum absolute atomic E-state index is 11.8. The minimum absolute atomic E-state index is 0.235. The Morgan fingerprint density at radius 3 is 2.73 bits per heavy atom. The molecule has 0 spiro atoms. The van der Waals surface area contributed by atoms with E-state index in [1.54, 1.807) is 0 Å². The minimum atomic E-state index is -0.629. The van der Waals surface area contributed by atoms with E-state index in [2.05, 4.69) is 10.3 Å². The summed E-state index contributed by atoms with van der Waals surface area (Å²) in [4.78, 5) is 27.4. The predicted molar refractivity (Wildman–Crippen MR) is 93.7 cm³/mol. The van der Waals surface area contributed by atoms with E-state index in [-0.39, 0.29) is 23.2 Å². The smallest absolute Gasteiger partial charge is 0.340 e. The monoisotopic (exact) mass is 376 g/mol. The number of hydrogen-bond donors (Lipinski definition) is 1. The average molecular weight is 377 g/mol. The fourth-order valence-electron chi connectivity index (χ4n) is 2.35. The molecule has 0 fully saturated rings. The normalized spacial score (nSPS) is 12.3. The van der Waals surface area contributed by atoms with E-state index in [1.807, 2.05) is 18.2 Å². The van der Waals surface area contributed by atoms with Crippen LogP contribution in [0.2, 0.25) is 5.15 Å².